The molecule has 1 aromatic rings. The molecule has 0 saturated carbocycles. The van der Waals surface area contributed by atoms with Gasteiger partial charge in [0.2, 0.25) is 0 Å². The lowest BCUT2D eigenvalue weighted by Crippen LogP contribution is -2.10. The largest absolute Gasteiger partial charge is 0.441 e. The van der Waals surface area contributed by atoms with Crippen molar-refractivity contribution in [2.24, 2.45) is 5.92 Å². The average molecular weight is 293 g/mol. The zero-order valence-electron chi connectivity index (χ0n) is 9.24. The monoisotopic (exact) mass is 293 g/mol. The average Bonchev–Trinajstić information content (AvgIpc) is 2.81. The van der Waals surface area contributed by atoms with E-state index in [4.69, 9.17) is 5.26 Å². The Morgan fingerprint density at radius 1 is 1.56 bits per heavy atom. The summed E-state index contributed by atoms with van der Waals surface area (Å²) in [5.74, 6) is -1.19. The fourth-order valence-corrected chi connectivity index (χ4v) is 2.57. The highest BCUT2D eigenvalue weighted by atomic mass is 32.2. The number of hydrogen-bond acceptors (Lipinski definition) is 4. The number of nitriles is 1. The Hall–Kier alpha value is -1.00. The molecule has 0 spiro atoms. The van der Waals surface area contributed by atoms with Gasteiger partial charge < -0.3 is 0 Å². The van der Waals surface area contributed by atoms with Crippen LogP contribution in [-0.4, -0.2) is 17.0 Å². The highest BCUT2D eigenvalue weighted by Crippen LogP contribution is 2.32. The minimum absolute atomic E-state index is 0.108. The molecule has 1 rings (SSSR count). The van der Waals surface area contributed by atoms with Crippen LogP contribution in [0.2, 0.25) is 0 Å². The molecule has 98 valence electrons. The third-order valence-corrected chi connectivity index (χ3v) is 3.95. The maximum atomic E-state index is 12.0. The van der Waals surface area contributed by atoms with Gasteiger partial charge in [-0.2, -0.15) is 18.4 Å². The molecular weight excluding hydrogens is 283 g/mol. The molecule has 7 heteroatoms. The Morgan fingerprint density at radius 3 is 2.78 bits per heavy atom. The second-order valence-corrected chi connectivity index (χ2v) is 5.55. The first-order valence-electron chi connectivity index (χ1n) is 5.09. The fraction of sp³-hybridized carbons (Fsp3) is 0.455. The van der Waals surface area contributed by atoms with Gasteiger partial charge in [-0.15, -0.1) is 11.3 Å². The van der Waals surface area contributed by atoms with E-state index in [0.29, 0.717) is 4.88 Å². The van der Waals surface area contributed by atoms with E-state index < -0.39 is 11.4 Å². The van der Waals surface area contributed by atoms with E-state index in [1.54, 1.807) is 23.6 Å². The number of nitrogens with zero attached hydrogens (tertiary/aromatic N) is 1. The zero-order valence-corrected chi connectivity index (χ0v) is 10.9. The highest BCUT2D eigenvalue weighted by molar-refractivity contribution is 8.00. The molecule has 0 aliphatic carbocycles. The number of carbonyl (C=O) groups excluding carboxylic acids is 1. The number of halogens is 3. The van der Waals surface area contributed by atoms with Crippen LogP contribution < -0.4 is 0 Å². The van der Waals surface area contributed by atoms with Gasteiger partial charge in [-0.1, -0.05) is 6.07 Å². The Bertz CT molecular complexity index is 422. The van der Waals surface area contributed by atoms with E-state index >= 15 is 0 Å². The second kappa shape index (κ2) is 6.81. The van der Waals surface area contributed by atoms with Crippen LogP contribution in [0.4, 0.5) is 13.2 Å². The van der Waals surface area contributed by atoms with Crippen molar-refractivity contribution in [2.45, 2.75) is 18.3 Å². The molecular formula is C11H10F3NOS2. The summed E-state index contributed by atoms with van der Waals surface area (Å²) in [7, 11) is 0. The van der Waals surface area contributed by atoms with Gasteiger partial charge in [-0.25, -0.2) is 0 Å². The predicted molar refractivity (Wildman–Crippen MR) is 65.5 cm³/mol. The van der Waals surface area contributed by atoms with Crippen LogP contribution in [0, 0.1) is 17.2 Å². The molecule has 1 unspecified atom stereocenters. The normalized spacial score (nSPS) is 13.0. The van der Waals surface area contributed by atoms with Crippen molar-refractivity contribution in [3.05, 3.63) is 22.4 Å². The minimum atomic E-state index is -4.33. The Morgan fingerprint density at radius 2 is 2.28 bits per heavy atom. The van der Waals surface area contributed by atoms with Crippen molar-refractivity contribution < 1.29 is 18.0 Å². The summed E-state index contributed by atoms with van der Waals surface area (Å²) < 4.78 is 35.9. The molecule has 1 heterocycles. The molecule has 1 atom stereocenters. The molecule has 0 radical (unpaired) electrons. The molecule has 0 saturated heterocycles. The van der Waals surface area contributed by atoms with Gasteiger partial charge >= 0.3 is 5.51 Å². The predicted octanol–water partition coefficient (Wildman–Crippen LogP) is 4.10. The number of carbonyl (C=O) groups is 1. The zero-order chi connectivity index (χ0) is 13.6. The number of rotatable bonds is 6. The molecule has 0 aromatic carbocycles. The van der Waals surface area contributed by atoms with E-state index in [0.717, 1.165) is 0 Å². The lowest BCUT2D eigenvalue weighted by atomic mass is 10.0. The van der Waals surface area contributed by atoms with Gasteiger partial charge in [-0.3, -0.25) is 4.79 Å². The van der Waals surface area contributed by atoms with Crippen molar-refractivity contribution in [1.82, 2.24) is 0 Å². The summed E-state index contributed by atoms with van der Waals surface area (Å²) in [6.07, 6.45) is 0.271. The van der Waals surface area contributed by atoms with Crippen LogP contribution in [0.1, 0.15) is 22.5 Å². The van der Waals surface area contributed by atoms with Crippen molar-refractivity contribution in [3.8, 4) is 6.07 Å². The molecule has 2 nitrogen and oxygen atoms in total. The molecule has 0 bridgehead atoms. The second-order valence-electron chi connectivity index (χ2n) is 3.52. The molecule has 18 heavy (non-hydrogen) atoms. The lowest BCUT2D eigenvalue weighted by molar-refractivity contribution is -0.0329. The first kappa shape index (κ1) is 15.1. The van der Waals surface area contributed by atoms with E-state index in [1.807, 2.05) is 0 Å². The summed E-state index contributed by atoms with van der Waals surface area (Å²) >= 11 is 1.07. The number of thioether (sulfide) groups is 1. The molecule has 0 fully saturated rings. The van der Waals surface area contributed by atoms with Crippen LogP contribution in [0.15, 0.2) is 17.5 Å². The van der Waals surface area contributed by atoms with Crippen LogP contribution in [-0.2, 0) is 0 Å². The number of ketones is 1. The van der Waals surface area contributed by atoms with Gasteiger partial charge in [0.25, 0.3) is 0 Å². The summed E-state index contributed by atoms with van der Waals surface area (Å²) in [5, 5.41) is 10.5. The van der Waals surface area contributed by atoms with Gasteiger partial charge in [0.05, 0.1) is 16.9 Å². The fourth-order valence-electron chi connectivity index (χ4n) is 1.25. The van der Waals surface area contributed by atoms with E-state index in [1.165, 1.54) is 11.3 Å². The number of thiophene rings is 1. The summed E-state index contributed by atoms with van der Waals surface area (Å²) in [6.45, 7) is 0. The Balaban J connectivity index is 2.36. The molecule has 0 aliphatic rings. The SMILES string of the molecule is N#CC(CCC(=O)c1cccs1)CSC(F)(F)F. The Kier molecular flexibility index (Phi) is 5.69. The molecule has 0 aliphatic heterocycles. The third-order valence-electron chi connectivity index (χ3n) is 2.15. The Labute approximate surface area is 111 Å². The first-order valence-corrected chi connectivity index (χ1v) is 6.96. The van der Waals surface area contributed by atoms with Crippen molar-refractivity contribution in [1.29, 1.82) is 5.26 Å². The first-order chi connectivity index (χ1) is 8.42. The summed E-state index contributed by atoms with van der Waals surface area (Å²) in [5.41, 5.74) is -4.33. The maximum Gasteiger partial charge on any atom is 0.441 e. The van der Waals surface area contributed by atoms with Crippen molar-refractivity contribution >= 4 is 28.9 Å². The van der Waals surface area contributed by atoms with Gasteiger partial charge in [0.1, 0.15) is 0 Å². The van der Waals surface area contributed by atoms with Crippen LogP contribution in [0.5, 0.6) is 0 Å². The third kappa shape index (κ3) is 5.56. The quantitative estimate of drug-likeness (QED) is 0.741. The van der Waals surface area contributed by atoms with E-state index in [2.05, 4.69) is 0 Å². The van der Waals surface area contributed by atoms with Crippen molar-refractivity contribution in [3.63, 3.8) is 0 Å². The lowest BCUT2D eigenvalue weighted by Gasteiger charge is -2.09. The van der Waals surface area contributed by atoms with E-state index in [-0.39, 0.29) is 36.1 Å². The summed E-state index contributed by atoms with van der Waals surface area (Å²) in [6, 6.07) is 5.21. The van der Waals surface area contributed by atoms with Crippen molar-refractivity contribution in [2.75, 3.05) is 5.75 Å². The smallest absolute Gasteiger partial charge is 0.293 e. The maximum absolute atomic E-state index is 12.0. The van der Waals surface area contributed by atoms with Crippen LogP contribution in [0.3, 0.4) is 0 Å². The van der Waals surface area contributed by atoms with Gasteiger partial charge in [0, 0.05) is 12.2 Å². The van der Waals surface area contributed by atoms with Crippen LogP contribution >= 0.6 is 23.1 Å². The molecule has 0 amide bonds. The molecule has 1 aromatic heterocycles. The van der Waals surface area contributed by atoms with Gasteiger partial charge in [-0.05, 0) is 29.6 Å². The van der Waals surface area contributed by atoms with Gasteiger partial charge in [0.15, 0.2) is 5.78 Å². The van der Waals surface area contributed by atoms with Crippen LogP contribution in [0.25, 0.3) is 0 Å². The topological polar surface area (TPSA) is 40.9 Å². The number of hydrogen-bond donors (Lipinski definition) is 0. The molecule has 0 N–H and O–H groups in total. The summed E-state index contributed by atoms with van der Waals surface area (Å²) in [4.78, 5) is 12.2. The minimum Gasteiger partial charge on any atom is -0.293 e. The number of alkyl halides is 3. The van der Waals surface area contributed by atoms with E-state index in [9.17, 15) is 18.0 Å². The standard InChI is InChI=1S/C11H10F3NOS2/c12-11(13,14)18-7-8(6-15)3-4-9(16)10-2-1-5-17-10/h1-2,5,8H,3-4,7H2. The number of Topliss-reactive ketones (excluding diaryl/α,β-unsaturated/α-hetero) is 1. The highest BCUT2D eigenvalue weighted by Gasteiger charge is 2.29.